The molecule has 0 unspecified atom stereocenters. The van der Waals surface area contributed by atoms with Crippen LogP contribution < -0.4 is 9.64 Å². The third-order valence-electron chi connectivity index (χ3n) is 4.48. The third kappa shape index (κ3) is 4.68. The van der Waals surface area contributed by atoms with Crippen LogP contribution >= 0.6 is 0 Å². The monoisotopic (exact) mass is 388 g/mol. The summed E-state index contributed by atoms with van der Waals surface area (Å²) in [7, 11) is 3.31. The van der Waals surface area contributed by atoms with Crippen molar-refractivity contribution in [1.29, 1.82) is 0 Å². The molecule has 0 bridgehead atoms. The first-order valence-corrected chi connectivity index (χ1v) is 8.93. The van der Waals surface area contributed by atoms with Gasteiger partial charge in [0.05, 0.1) is 12.0 Å². The van der Waals surface area contributed by atoms with Crippen LogP contribution in [0.2, 0.25) is 0 Å². The van der Waals surface area contributed by atoms with Gasteiger partial charge in [-0.25, -0.2) is 0 Å². The van der Waals surface area contributed by atoms with Crippen molar-refractivity contribution in [3.8, 4) is 5.75 Å². The molecule has 3 rings (SSSR count). The quantitative estimate of drug-likeness (QED) is 0.239. The molecule has 29 heavy (non-hydrogen) atoms. The normalized spacial score (nSPS) is 10.7. The lowest BCUT2D eigenvalue weighted by Gasteiger charge is -2.19. The van der Waals surface area contributed by atoms with Gasteiger partial charge in [0.25, 0.3) is 5.69 Å². The van der Waals surface area contributed by atoms with Crippen LogP contribution in [-0.4, -0.2) is 24.9 Å². The van der Waals surface area contributed by atoms with Crippen molar-refractivity contribution in [3.05, 3.63) is 100 Å². The maximum atomic E-state index is 12.4. The van der Waals surface area contributed by atoms with E-state index in [1.165, 1.54) is 19.3 Å². The Morgan fingerprint density at radius 2 is 1.79 bits per heavy atom. The molecule has 0 aliphatic rings. The number of ether oxygens (including phenoxy) is 1. The van der Waals surface area contributed by atoms with Crippen molar-refractivity contribution < 1.29 is 14.5 Å². The van der Waals surface area contributed by atoms with Crippen molar-refractivity contribution in [2.45, 2.75) is 0 Å². The second-order valence-electron chi connectivity index (χ2n) is 6.33. The Hall–Kier alpha value is -3.93. The molecule has 0 radical (unpaired) electrons. The molecule has 0 aliphatic heterocycles. The molecule has 3 aromatic carbocycles. The van der Waals surface area contributed by atoms with Gasteiger partial charge in [-0.15, -0.1) is 0 Å². The second-order valence-corrected chi connectivity index (χ2v) is 6.33. The van der Waals surface area contributed by atoms with Crippen LogP contribution in [0.3, 0.4) is 0 Å². The van der Waals surface area contributed by atoms with Crippen LogP contribution in [-0.2, 0) is 0 Å². The summed E-state index contributed by atoms with van der Waals surface area (Å²) in [6, 6.07) is 21.1. The molecule has 3 aromatic rings. The lowest BCUT2D eigenvalue weighted by atomic mass is 10.1. The molecule has 6 heteroatoms. The Morgan fingerprint density at radius 1 is 1.03 bits per heavy atom. The number of benzene rings is 3. The van der Waals surface area contributed by atoms with E-state index in [1.54, 1.807) is 54.4 Å². The molecular formula is C23H20N2O4. The standard InChI is InChI=1S/C23H20N2O4/c1-24(19-8-4-3-5-9-19)21-13-11-17(15-22(21)25(27)28)12-14-23(26)18-7-6-10-20(16-18)29-2/h3-16H,1-2H3/b14-12+. The van der Waals surface area contributed by atoms with Gasteiger partial charge in [-0.3, -0.25) is 14.9 Å². The zero-order valence-electron chi connectivity index (χ0n) is 16.1. The van der Waals surface area contributed by atoms with Crippen molar-refractivity contribution >= 4 is 28.9 Å². The molecule has 0 spiro atoms. The number of hydrogen-bond acceptors (Lipinski definition) is 5. The second kappa shape index (κ2) is 8.84. The van der Waals surface area contributed by atoms with Gasteiger partial charge in [0.2, 0.25) is 0 Å². The summed E-state index contributed by atoms with van der Waals surface area (Å²) >= 11 is 0. The largest absolute Gasteiger partial charge is 0.497 e. The third-order valence-corrected chi connectivity index (χ3v) is 4.48. The molecule has 0 aliphatic carbocycles. The molecule has 6 nitrogen and oxygen atoms in total. The Balaban J connectivity index is 1.87. The SMILES string of the molecule is COc1cccc(C(=O)/C=C/c2ccc(N(C)c3ccccc3)c([N+](=O)[O-])c2)c1. The summed E-state index contributed by atoms with van der Waals surface area (Å²) < 4.78 is 5.13. The molecule has 0 saturated heterocycles. The van der Waals surface area contributed by atoms with Gasteiger partial charge >= 0.3 is 0 Å². The predicted octanol–water partition coefficient (Wildman–Crippen LogP) is 5.27. The van der Waals surface area contributed by atoms with Crippen LogP contribution in [0.1, 0.15) is 15.9 Å². The fraction of sp³-hybridized carbons (Fsp3) is 0.0870. The van der Waals surface area contributed by atoms with Crippen molar-refractivity contribution in [1.82, 2.24) is 0 Å². The summed E-state index contributed by atoms with van der Waals surface area (Å²) in [5.74, 6) is 0.380. The minimum Gasteiger partial charge on any atom is -0.497 e. The number of hydrogen-bond donors (Lipinski definition) is 0. The number of nitrogens with zero attached hydrogens (tertiary/aromatic N) is 2. The highest BCUT2D eigenvalue weighted by molar-refractivity contribution is 6.07. The minimum absolute atomic E-state index is 0.0349. The van der Waals surface area contributed by atoms with Crippen molar-refractivity contribution in [3.63, 3.8) is 0 Å². The maximum absolute atomic E-state index is 12.4. The number of nitro benzene ring substituents is 1. The first-order chi connectivity index (χ1) is 14.0. The average Bonchev–Trinajstić information content (AvgIpc) is 2.77. The zero-order chi connectivity index (χ0) is 20.8. The van der Waals surface area contributed by atoms with Crippen molar-refractivity contribution in [2.24, 2.45) is 0 Å². The zero-order valence-corrected chi connectivity index (χ0v) is 16.1. The van der Waals surface area contributed by atoms with Crippen LogP contribution in [0.5, 0.6) is 5.75 Å². The van der Waals surface area contributed by atoms with Gasteiger partial charge in [-0.1, -0.05) is 42.5 Å². The number of para-hydroxylation sites is 1. The Morgan fingerprint density at radius 3 is 2.48 bits per heavy atom. The van der Waals surface area contributed by atoms with E-state index in [0.717, 1.165) is 5.69 Å². The summed E-state index contributed by atoms with van der Waals surface area (Å²) in [6.07, 6.45) is 2.97. The lowest BCUT2D eigenvalue weighted by molar-refractivity contribution is -0.384. The fourth-order valence-electron chi connectivity index (χ4n) is 2.91. The summed E-state index contributed by atoms with van der Waals surface area (Å²) in [5, 5.41) is 11.6. The molecule has 0 N–H and O–H groups in total. The molecule has 146 valence electrons. The van der Waals surface area contributed by atoms with Crippen LogP contribution in [0, 0.1) is 10.1 Å². The van der Waals surface area contributed by atoms with Gasteiger partial charge in [0.15, 0.2) is 5.78 Å². The van der Waals surface area contributed by atoms with Crippen LogP contribution in [0.15, 0.2) is 78.9 Å². The number of carbonyl (C=O) groups excluding carboxylic acids is 1. The van der Waals surface area contributed by atoms with Gasteiger partial charge < -0.3 is 9.64 Å². The first kappa shape index (κ1) is 19.8. The molecule has 0 amide bonds. The highest BCUT2D eigenvalue weighted by atomic mass is 16.6. The van der Waals surface area contributed by atoms with E-state index in [0.29, 0.717) is 22.6 Å². The smallest absolute Gasteiger partial charge is 0.293 e. The van der Waals surface area contributed by atoms with Crippen molar-refractivity contribution in [2.75, 3.05) is 19.1 Å². The van der Waals surface area contributed by atoms with Gasteiger partial charge in [-0.2, -0.15) is 0 Å². The van der Waals surface area contributed by atoms with Gasteiger partial charge in [-0.05, 0) is 42.0 Å². The van der Waals surface area contributed by atoms with E-state index in [1.807, 2.05) is 30.3 Å². The highest BCUT2D eigenvalue weighted by Crippen LogP contribution is 2.33. The molecule has 0 atom stereocenters. The first-order valence-electron chi connectivity index (χ1n) is 8.93. The summed E-state index contributed by atoms with van der Waals surface area (Å²) in [5.41, 5.74) is 2.32. The molecule has 0 aromatic heterocycles. The molecule has 0 heterocycles. The van der Waals surface area contributed by atoms with Crippen LogP contribution in [0.4, 0.5) is 17.1 Å². The number of nitro groups is 1. The molecule has 0 fully saturated rings. The van der Waals surface area contributed by atoms with E-state index >= 15 is 0 Å². The number of methoxy groups -OCH3 is 1. The molecular weight excluding hydrogens is 368 g/mol. The average molecular weight is 388 g/mol. The van der Waals surface area contributed by atoms with E-state index < -0.39 is 4.92 Å². The number of rotatable bonds is 7. The Kier molecular flexibility index (Phi) is 6.04. The van der Waals surface area contributed by atoms with E-state index in [-0.39, 0.29) is 11.5 Å². The van der Waals surface area contributed by atoms with E-state index in [4.69, 9.17) is 4.74 Å². The van der Waals surface area contributed by atoms with Gasteiger partial charge in [0.1, 0.15) is 11.4 Å². The Bertz CT molecular complexity index is 1060. The van der Waals surface area contributed by atoms with E-state index in [2.05, 4.69) is 0 Å². The lowest BCUT2D eigenvalue weighted by Crippen LogP contribution is -2.11. The summed E-state index contributed by atoms with van der Waals surface area (Å²) in [6.45, 7) is 0. The van der Waals surface area contributed by atoms with E-state index in [9.17, 15) is 14.9 Å². The minimum atomic E-state index is -0.421. The number of allylic oxidation sites excluding steroid dienone is 1. The maximum Gasteiger partial charge on any atom is 0.293 e. The number of carbonyl (C=O) groups is 1. The molecule has 0 saturated carbocycles. The number of anilines is 2. The summed E-state index contributed by atoms with van der Waals surface area (Å²) in [4.78, 5) is 25.3. The van der Waals surface area contributed by atoms with Crippen LogP contribution in [0.25, 0.3) is 6.08 Å². The topological polar surface area (TPSA) is 72.7 Å². The fourth-order valence-corrected chi connectivity index (χ4v) is 2.91. The predicted molar refractivity (Wildman–Crippen MR) is 114 cm³/mol. The Labute approximate surface area is 168 Å². The highest BCUT2D eigenvalue weighted by Gasteiger charge is 2.18. The van der Waals surface area contributed by atoms with Gasteiger partial charge in [0, 0.05) is 24.4 Å². The number of ketones is 1.